The molecule has 0 atom stereocenters. The molecule has 0 aliphatic carbocycles. The second-order valence-corrected chi connectivity index (χ2v) is 4.85. The van der Waals surface area contributed by atoms with E-state index in [0.717, 1.165) is 4.90 Å². The van der Waals surface area contributed by atoms with Crippen molar-refractivity contribution in [3.63, 3.8) is 0 Å². The van der Waals surface area contributed by atoms with Gasteiger partial charge < -0.3 is 10.0 Å². The van der Waals surface area contributed by atoms with Crippen molar-refractivity contribution in [3.05, 3.63) is 29.8 Å². The number of aliphatic carboxylic acids is 1. The number of rotatable bonds is 3. The van der Waals surface area contributed by atoms with E-state index in [1.807, 2.05) is 18.4 Å². The fraction of sp³-hybridized carbons (Fsp3) is 0.333. The highest BCUT2D eigenvalue weighted by Crippen LogP contribution is 2.20. The van der Waals surface area contributed by atoms with Gasteiger partial charge in [-0.15, -0.1) is 11.8 Å². The molecule has 0 saturated carbocycles. The molecule has 0 bridgehead atoms. The third-order valence-electron chi connectivity index (χ3n) is 2.85. The lowest BCUT2D eigenvalue weighted by molar-refractivity contribution is -0.146. The van der Waals surface area contributed by atoms with Crippen LogP contribution in [0.3, 0.4) is 0 Å². The maximum atomic E-state index is 11.9. The zero-order chi connectivity index (χ0) is 12.4. The lowest BCUT2D eigenvalue weighted by atomic mass is 9.99. The second kappa shape index (κ2) is 4.79. The first-order valence-corrected chi connectivity index (χ1v) is 6.50. The molecule has 1 N–H and O–H groups in total. The number of carboxylic acids is 1. The molecule has 2 rings (SSSR count). The molecule has 1 aliphatic rings. The molecule has 0 radical (unpaired) electrons. The van der Waals surface area contributed by atoms with E-state index in [0.29, 0.717) is 18.7 Å². The van der Waals surface area contributed by atoms with Crippen LogP contribution in [0.4, 0.5) is 0 Å². The summed E-state index contributed by atoms with van der Waals surface area (Å²) < 4.78 is 0. The quantitative estimate of drug-likeness (QED) is 0.828. The summed E-state index contributed by atoms with van der Waals surface area (Å²) in [5, 5.41) is 8.73. The summed E-state index contributed by atoms with van der Waals surface area (Å²) in [5.74, 6) is -1.31. The molecule has 1 aliphatic heterocycles. The van der Waals surface area contributed by atoms with Gasteiger partial charge in [-0.05, 0) is 30.5 Å². The molecular weight excluding hydrogens is 238 g/mol. The third-order valence-corrected chi connectivity index (χ3v) is 3.60. The van der Waals surface area contributed by atoms with E-state index in [2.05, 4.69) is 0 Å². The van der Waals surface area contributed by atoms with E-state index < -0.39 is 11.9 Å². The Hall–Kier alpha value is -1.49. The number of carbonyl (C=O) groups excluding carboxylic acids is 1. The van der Waals surface area contributed by atoms with E-state index in [4.69, 9.17) is 5.11 Å². The van der Waals surface area contributed by atoms with E-state index in [9.17, 15) is 9.59 Å². The summed E-state index contributed by atoms with van der Waals surface area (Å²) in [4.78, 5) is 25.2. The molecular formula is C12H13NO3S. The number of benzene rings is 1. The van der Waals surface area contributed by atoms with Gasteiger partial charge in [0.25, 0.3) is 5.91 Å². The van der Waals surface area contributed by atoms with Crippen LogP contribution in [0.5, 0.6) is 0 Å². The van der Waals surface area contributed by atoms with Crippen LogP contribution >= 0.6 is 11.8 Å². The van der Waals surface area contributed by atoms with Crippen LogP contribution in [0.15, 0.2) is 29.2 Å². The Labute approximate surface area is 104 Å². The van der Waals surface area contributed by atoms with E-state index in [-0.39, 0.29) is 5.91 Å². The minimum Gasteiger partial charge on any atom is -0.481 e. The zero-order valence-electron chi connectivity index (χ0n) is 9.42. The highest BCUT2D eigenvalue weighted by molar-refractivity contribution is 7.98. The highest BCUT2D eigenvalue weighted by Gasteiger charge is 2.35. The first kappa shape index (κ1) is 12.0. The van der Waals surface area contributed by atoms with Gasteiger partial charge in [0.15, 0.2) is 0 Å². The number of thioether (sulfide) groups is 1. The summed E-state index contributed by atoms with van der Waals surface area (Å²) in [5.41, 5.74) is 0.617. The van der Waals surface area contributed by atoms with Gasteiger partial charge in [0.1, 0.15) is 0 Å². The van der Waals surface area contributed by atoms with Gasteiger partial charge in [-0.2, -0.15) is 0 Å². The standard InChI is InChI=1S/C12H13NO3S/c1-17-10-4-2-8(3-5-10)11(14)13-6-9(7-13)12(15)16/h2-5,9H,6-7H2,1H3,(H,15,16). The minimum atomic E-state index is -0.827. The Kier molecular flexibility index (Phi) is 3.38. The fourth-order valence-corrected chi connectivity index (χ4v) is 2.13. The number of likely N-dealkylation sites (tertiary alicyclic amines) is 1. The van der Waals surface area contributed by atoms with Crippen molar-refractivity contribution in [2.24, 2.45) is 5.92 Å². The maximum absolute atomic E-state index is 11.9. The van der Waals surface area contributed by atoms with Crippen LogP contribution in [0.25, 0.3) is 0 Å². The van der Waals surface area contributed by atoms with E-state index in [1.54, 1.807) is 28.8 Å². The largest absolute Gasteiger partial charge is 0.481 e. The lowest BCUT2D eigenvalue weighted by Gasteiger charge is -2.36. The van der Waals surface area contributed by atoms with Crippen LogP contribution in [-0.4, -0.2) is 41.2 Å². The zero-order valence-corrected chi connectivity index (χ0v) is 10.2. The highest BCUT2D eigenvalue weighted by atomic mass is 32.2. The molecule has 0 unspecified atom stereocenters. The Bertz CT molecular complexity index is 438. The van der Waals surface area contributed by atoms with Crippen molar-refractivity contribution < 1.29 is 14.7 Å². The summed E-state index contributed by atoms with van der Waals surface area (Å²) in [6.45, 7) is 0.636. The van der Waals surface area contributed by atoms with Gasteiger partial charge in [-0.1, -0.05) is 0 Å². The van der Waals surface area contributed by atoms with Crippen LogP contribution in [0.2, 0.25) is 0 Å². The SMILES string of the molecule is CSc1ccc(C(=O)N2CC(C(=O)O)C2)cc1. The first-order chi connectivity index (χ1) is 8.11. The number of hydrogen-bond donors (Lipinski definition) is 1. The molecule has 1 amide bonds. The van der Waals surface area contributed by atoms with Gasteiger partial charge >= 0.3 is 5.97 Å². The third kappa shape index (κ3) is 2.44. The van der Waals surface area contributed by atoms with E-state index >= 15 is 0 Å². The summed E-state index contributed by atoms with van der Waals surface area (Å²) in [6.07, 6.45) is 1.98. The van der Waals surface area contributed by atoms with E-state index in [1.165, 1.54) is 0 Å². The monoisotopic (exact) mass is 251 g/mol. The van der Waals surface area contributed by atoms with Crippen molar-refractivity contribution >= 4 is 23.6 Å². The van der Waals surface area contributed by atoms with Gasteiger partial charge in [0, 0.05) is 23.5 Å². The molecule has 1 saturated heterocycles. The Morgan fingerprint density at radius 3 is 2.35 bits per heavy atom. The fourth-order valence-electron chi connectivity index (χ4n) is 1.72. The number of carboxylic acid groups (broad SMARTS) is 1. The summed E-state index contributed by atoms with van der Waals surface area (Å²) >= 11 is 1.62. The number of carbonyl (C=O) groups is 2. The molecule has 1 aromatic rings. The Morgan fingerprint density at radius 1 is 1.29 bits per heavy atom. The van der Waals surface area contributed by atoms with Gasteiger partial charge in [0.2, 0.25) is 0 Å². The first-order valence-electron chi connectivity index (χ1n) is 5.28. The lowest BCUT2D eigenvalue weighted by Crippen LogP contribution is -2.53. The maximum Gasteiger partial charge on any atom is 0.310 e. The summed E-state index contributed by atoms with van der Waals surface area (Å²) in [6, 6.07) is 7.35. The normalized spacial score (nSPS) is 15.5. The molecule has 90 valence electrons. The van der Waals surface area contributed by atoms with Crippen molar-refractivity contribution in [3.8, 4) is 0 Å². The predicted octanol–water partition coefficient (Wildman–Crippen LogP) is 1.57. The van der Waals surface area contributed by atoms with Crippen molar-refractivity contribution in [2.75, 3.05) is 19.3 Å². The second-order valence-electron chi connectivity index (χ2n) is 3.97. The Morgan fingerprint density at radius 2 is 1.88 bits per heavy atom. The van der Waals surface area contributed by atoms with Crippen LogP contribution < -0.4 is 0 Å². The van der Waals surface area contributed by atoms with Crippen molar-refractivity contribution in [1.82, 2.24) is 4.90 Å². The predicted molar refractivity (Wildman–Crippen MR) is 65.3 cm³/mol. The van der Waals surface area contributed by atoms with Gasteiger partial charge in [0.05, 0.1) is 5.92 Å². The van der Waals surface area contributed by atoms with Gasteiger partial charge in [-0.3, -0.25) is 9.59 Å². The number of amides is 1. The van der Waals surface area contributed by atoms with Crippen LogP contribution in [-0.2, 0) is 4.79 Å². The number of hydrogen-bond acceptors (Lipinski definition) is 3. The minimum absolute atomic E-state index is 0.0878. The number of nitrogens with zero attached hydrogens (tertiary/aromatic N) is 1. The summed E-state index contributed by atoms with van der Waals surface area (Å²) in [7, 11) is 0. The Balaban J connectivity index is 1.99. The molecule has 0 aromatic heterocycles. The topological polar surface area (TPSA) is 57.6 Å². The van der Waals surface area contributed by atoms with Crippen molar-refractivity contribution in [2.45, 2.75) is 4.90 Å². The molecule has 4 nitrogen and oxygen atoms in total. The molecule has 1 aromatic carbocycles. The molecule has 0 spiro atoms. The molecule has 1 heterocycles. The molecule has 5 heteroatoms. The smallest absolute Gasteiger partial charge is 0.310 e. The average Bonchev–Trinajstić information content (AvgIpc) is 2.26. The van der Waals surface area contributed by atoms with Crippen LogP contribution in [0, 0.1) is 5.92 Å². The average molecular weight is 251 g/mol. The molecule has 1 fully saturated rings. The van der Waals surface area contributed by atoms with Gasteiger partial charge in [-0.25, -0.2) is 0 Å². The van der Waals surface area contributed by atoms with Crippen molar-refractivity contribution in [1.29, 1.82) is 0 Å². The molecule has 17 heavy (non-hydrogen) atoms. The van der Waals surface area contributed by atoms with Crippen LogP contribution in [0.1, 0.15) is 10.4 Å².